The Balaban J connectivity index is 1.51. The molecule has 0 fully saturated rings. The number of benzene rings is 2. The molecule has 0 saturated carbocycles. The van der Waals surface area contributed by atoms with Gasteiger partial charge in [-0.1, -0.05) is 48.0 Å². The molecule has 0 aliphatic carbocycles. The molecule has 1 atom stereocenters. The van der Waals surface area contributed by atoms with Crippen molar-refractivity contribution in [3.63, 3.8) is 0 Å². The molecule has 0 unspecified atom stereocenters. The standard InChI is InChI=1S/C23H19ClN4O2S/c24-17-9-7-15(8-10-17)13-26-28-22(29)20(27-23(30)21-6-3-11-31-21)12-16-14-25-19-5-2-1-4-18(16)19/h1-11,13-14,20,25H,12H2,(H,27,30)(H,28,29)/b26-13-/t20-/m0/s1. The van der Waals surface area contributed by atoms with E-state index in [-0.39, 0.29) is 5.91 Å². The number of carbonyl (C=O) groups is 2. The molecule has 0 radical (unpaired) electrons. The molecule has 2 amide bonds. The zero-order valence-electron chi connectivity index (χ0n) is 16.3. The third kappa shape index (κ3) is 5.20. The van der Waals surface area contributed by atoms with Crippen LogP contribution in [0, 0.1) is 0 Å². The van der Waals surface area contributed by atoms with Crippen LogP contribution in [0.2, 0.25) is 5.02 Å². The summed E-state index contributed by atoms with van der Waals surface area (Å²) in [5.74, 6) is -0.697. The summed E-state index contributed by atoms with van der Waals surface area (Å²) in [6, 6.07) is 17.6. The molecule has 31 heavy (non-hydrogen) atoms. The predicted octanol–water partition coefficient (Wildman–Crippen LogP) is 4.37. The van der Waals surface area contributed by atoms with Crippen molar-refractivity contribution >= 4 is 51.9 Å². The van der Waals surface area contributed by atoms with Gasteiger partial charge in [-0.25, -0.2) is 5.43 Å². The lowest BCUT2D eigenvalue weighted by molar-refractivity contribution is -0.122. The Kier molecular flexibility index (Phi) is 6.45. The van der Waals surface area contributed by atoms with Gasteiger partial charge in [-0.15, -0.1) is 11.3 Å². The lowest BCUT2D eigenvalue weighted by atomic mass is 10.0. The third-order valence-electron chi connectivity index (χ3n) is 4.72. The smallest absolute Gasteiger partial charge is 0.262 e. The van der Waals surface area contributed by atoms with Crippen molar-refractivity contribution in [1.82, 2.24) is 15.7 Å². The Morgan fingerprint density at radius 2 is 1.90 bits per heavy atom. The highest BCUT2D eigenvalue weighted by Crippen LogP contribution is 2.19. The first-order valence-electron chi connectivity index (χ1n) is 9.58. The number of rotatable bonds is 7. The van der Waals surface area contributed by atoms with Crippen molar-refractivity contribution < 1.29 is 9.59 Å². The van der Waals surface area contributed by atoms with Crippen LogP contribution in [0.4, 0.5) is 0 Å². The number of hydrogen-bond acceptors (Lipinski definition) is 4. The Morgan fingerprint density at radius 1 is 1.10 bits per heavy atom. The number of aromatic amines is 1. The Bertz CT molecular complexity index is 1220. The van der Waals surface area contributed by atoms with Crippen molar-refractivity contribution in [2.45, 2.75) is 12.5 Å². The monoisotopic (exact) mass is 450 g/mol. The zero-order chi connectivity index (χ0) is 21.6. The number of amides is 2. The second-order valence-electron chi connectivity index (χ2n) is 6.85. The highest BCUT2D eigenvalue weighted by molar-refractivity contribution is 7.12. The SMILES string of the molecule is O=C(N[C@@H](Cc1c[nH]c2ccccc12)C(=O)N/N=C\c1ccc(Cl)cc1)c1cccs1. The number of carbonyl (C=O) groups excluding carboxylic acids is 2. The molecule has 2 heterocycles. The quantitative estimate of drug-likeness (QED) is 0.288. The first-order chi connectivity index (χ1) is 15.1. The van der Waals surface area contributed by atoms with Crippen molar-refractivity contribution in [2.75, 3.05) is 0 Å². The second kappa shape index (κ2) is 9.59. The Labute approximate surface area is 187 Å². The van der Waals surface area contributed by atoms with E-state index in [1.165, 1.54) is 17.6 Å². The lowest BCUT2D eigenvalue weighted by Gasteiger charge is -2.16. The van der Waals surface area contributed by atoms with Crippen molar-refractivity contribution in [3.05, 3.63) is 93.3 Å². The second-order valence-corrected chi connectivity index (χ2v) is 8.24. The molecule has 0 bridgehead atoms. The molecule has 6 nitrogen and oxygen atoms in total. The van der Waals surface area contributed by atoms with Gasteiger partial charge < -0.3 is 10.3 Å². The molecule has 0 spiro atoms. The number of H-pyrrole nitrogens is 1. The fourth-order valence-corrected chi connectivity index (χ4v) is 3.92. The fraction of sp³-hybridized carbons (Fsp3) is 0.0870. The Morgan fingerprint density at radius 3 is 2.68 bits per heavy atom. The predicted molar refractivity (Wildman–Crippen MR) is 125 cm³/mol. The van der Waals surface area contributed by atoms with E-state index in [0.717, 1.165) is 22.0 Å². The molecule has 3 N–H and O–H groups in total. The number of hydrazone groups is 1. The molecule has 0 aliphatic rings. The maximum absolute atomic E-state index is 12.9. The molecule has 156 valence electrons. The largest absolute Gasteiger partial charge is 0.361 e. The van der Waals surface area contributed by atoms with Gasteiger partial charge in [-0.3, -0.25) is 9.59 Å². The van der Waals surface area contributed by atoms with Gasteiger partial charge in [0.15, 0.2) is 0 Å². The summed E-state index contributed by atoms with van der Waals surface area (Å²) in [6.07, 6.45) is 3.71. The summed E-state index contributed by atoms with van der Waals surface area (Å²) in [5.41, 5.74) is 5.23. The molecule has 2 aromatic heterocycles. The normalized spacial score (nSPS) is 12.2. The number of aromatic nitrogens is 1. The van der Waals surface area contributed by atoms with E-state index in [2.05, 4.69) is 20.8 Å². The molecule has 0 saturated heterocycles. The molecule has 0 aliphatic heterocycles. The highest BCUT2D eigenvalue weighted by atomic mass is 35.5. The summed E-state index contributed by atoms with van der Waals surface area (Å²) in [5, 5.41) is 10.3. The van der Waals surface area contributed by atoms with Crippen LogP contribution in [0.25, 0.3) is 10.9 Å². The number of hydrogen-bond donors (Lipinski definition) is 3. The van der Waals surface area contributed by atoms with Crippen LogP contribution in [-0.4, -0.2) is 29.1 Å². The number of thiophene rings is 1. The average Bonchev–Trinajstić information content (AvgIpc) is 3.45. The maximum Gasteiger partial charge on any atom is 0.262 e. The summed E-state index contributed by atoms with van der Waals surface area (Å²) in [4.78, 5) is 29.2. The van der Waals surface area contributed by atoms with Crippen LogP contribution in [-0.2, 0) is 11.2 Å². The van der Waals surface area contributed by atoms with Gasteiger partial charge in [0.1, 0.15) is 6.04 Å². The number of halogens is 1. The number of fused-ring (bicyclic) bond motifs is 1. The molecule has 4 rings (SSSR count). The molecule has 4 aromatic rings. The summed E-state index contributed by atoms with van der Waals surface area (Å²) >= 11 is 7.20. The summed E-state index contributed by atoms with van der Waals surface area (Å²) in [7, 11) is 0. The molecule has 2 aromatic carbocycles. The van der Waals surface area contributed by atoms with Gasteiger partial charge in [0.25, 0.3) is 11.8 Å². The van der Waals surface area contributed by atoms with Gasteiger partial charge in [-0.05, 0) is 40.8 Å². The van der Waals surface area contributed by atoms with Gasteiger partial charge in [0, 0.05) is 28.5 Å². The average molecular weight is 451 g/mol. The minimum absolute atomic E-state index is 0.295. The first-order valence-corrected chi connectivity index (χ1v) is 10.8. The van der Waals surface area contributed by atoms with E-state index >= 15 is 0 Å². The molecular weight excluding hydrogens is 432 g/mol. The van der Waals surface area contributed by atoms with E-state index in [9.17, 15) is 9.59 Å². The van der Waals surface area contributed by atoms with Gasteiger partial charge >= 0.3 is 0 Å². The van der Waals surface area contributed by atoms with E-state index in [1.54, 1.807) is 36.4 Å². The van der Waals surface area contributed by atoms with Gasteiger partial charge in [0.05, 0.1) is 11.1 Å². The van der Waals surface area contributed by atoms with Crippen LogP contribution < -0.4 is 10.7 Å². The fourth-order valence-electron chi connectivity index (χ4n) is 3.16. The Hall–Kier alpha value is -3.42. The van der Waals surface area contributed by atoms with Crippen LogP contribution in [0.5, 0.6) is 0 Å². The zero-order valence-corrected chi connectivity index (χ0v) is 17.9. The molecule has 8 heteroatoms. The lowest BCUT2D eigenvalue weighted by Crippen LogP contribution is -2.46. The number of nitrogens with zero attached hydrogens (tertiary/aromatic N) is 1. The van der Waals surface area contributed by atoms with E-state index in [4.69, 9.17) is 11.6 Å². The van der Waals surface area contributed by atoms with E-state index < -0.39 is 11.9 Å². The van der Waals surface area contributed by atoms with Crippen LogP contribution in [0.1, 0.15) is 20.8 Å². The van der Waals surface area contributed by atoms with E-state index in [0.29, 0.717) is 16.3 Å². The topological polar surface area (TPSA) is 86.3 Å². The van der Waals surface area contributed by atoms with Crippen LogP contribution >= 0.6 is 22.9 Å². The van der Waals surface area contributed by atoms with Crippen molar-refractivity contribution in [3.8, 4) is 0 Å². The van der Waals surface area contributed by atoms with Crippen LogP contribution in [0.3, 0.4) is 0 Å². The maximum atomic E-state index is 12.9. The number of para-hydroxylation sites is 1. The van der Waals surface area contributed by atoms with Crippen molar-refractivity contribution in [1.29, 1.82) is 0 Å². The van der Waals surface area contributed by atoms with Crippen molar-refractivity contribution in [2.24, 2.45) is 5.10 Å². The summed E-state index contributed by atoms with van der Waals surface area (Å²) < 4.78 is 0. The van der Waals surface area contributed by atoms with E-state index in [1.807, 2.05) is 35.8 Å². The van der Waals surface area contributed by atoms with Crippen LogP contribution in [0.15, 0.2) is 77.3 Å². The minimum Gasteiger partial charge on any atom is -0.361 e. The molecular formula is C23H19ClN4O2S. The first kappa shape index (κ1) is 20.8. The van der Waals surface area contributed by atoms with Gasteiger partial charge in [-0.2, -0.15) is 5.10 Å². The summed E-state index contributed by atoms with van der Waals surface area (Å²) in [6.45, 7) is 0. The minimum atomic E-state index is -0.795. The third-order valence-corrected chi connectivity index (χ3v) is 5.84. The van der Waals surface area contributed by atoms with Gasteiger partial charge in [0.2, 0.25) is 0 Å². The highest BCUT2D eigenvalue weighted by Gasteiger charge is 2.23. The number of nitrogens with one attached hydrogen (secondary N) is 3.